The summed E-state index contributed by atoms with van der Waals surface area (Å²) in [6.45, 7) is 6.40. The van der Waals surface area contributed by atoms with E-state index in [-0.39, 0.29) is 0 Å². The highest BCUT2D eigenvalue weighted by molar-refractivity contribution is 7.15. The number of hydrogen-bond acceptors (Lipinski definition) is 4. The van der Waals surface area contributed by atoms with Gasteiger partial charge in [-0.05, 0) is 44.7 Å². The van der Waals surface area contributed by atoms with Crippen molar-refractivity contribution in [1.29, 1.82) is 0 Å². The van der Waals surface area contributed by atoms with Gasteiger partial charge in [0.2, 0.25) is 0 Å². The zero-order valence-electron chi connectivity index (χ0n) is 12.2. The van der Waals surface area contributed by atoms with Crippen LogP contribution in [0.25, 0.3) is 0 Å². The van der Waals surface area contributed by atoms with Crippen LogP contribution in [0.15, 0.2) is 6.20 Å². The van der Waals surface area contributed by atoms with E-state index in [1.54, 1.807) is 0 Å². The van der Waals surface area contributed by atoms with Crippen LogP contribution in [0.3, 0.4) is 0 Å². The molecule has 2 rings (SSSR count). The van der Waals surface area contributed by atoms with E-state index in [9.17, 15) is 13.2 Å². The van der Waals surface area contributed by atoms with Crippen LogP contribution in [0.4, 0.5) is 18.3 Å². The molecule has 0 radical (unpaired) electrons. The van der Waals surface area contributed by atoms with E-state index in [1.807, 2.05) is 0 Å². The summed E-state index contributed by atoms with van der Waals surface area (Å²) >= 11 is 0.669. The number of unbranched alkanes of at least 4 members (excludes halogenated alkanes) is 1. The average Bonchev–Trinajstić information content (AvgIpc) is 2.87. The molecule has 0 aromatic carbocycles. The second kappa shape index (κ2) is 7.45. The van der Waals surface area contributed by atoms with E-state index in [4.69, 9.17) is 0 Å². The van der Waals surface area contributed by atoms with E-state index in [0.29, 0.717) is 23.0 Å². The van der Waals surface area contributed by atoms with Crippen LogP contribution in [0.5, 0.6) is 0 Å². The molecule has 1 N–H and O–H groups in total. The van der Waals surface area contributed by atoms with Gasteiger partial charge in [-0.1, -0.05) is 18.3 Å². The number of anilines is 1. The molecule has 120 valence electrons. The van der Waals surface area contributed by atoms with Crippen molar-refractivity contribution in [2.24, 2.45) is 5.92 Å². The fourth-order valence-electron chi connectivity index (χ4n) is 2.63. The number of thiazole rings is 1. The van der Waals surface area contributed by atoms with Gasteiger partial charge in [-0.2, -0.15) is 13.2 Å². The number of aromatic nitrogens is 1. The number of rotatable bonds is 6. The number of likely N-dealkylation sites (tertiary alicyclic amines) is 1. The first-order valence-corrected chi connectivity index (χ1v) is 8.26. The molecule has 1 aromatic heterocycles. The van der Waals surface area contributed by atoms with Gasteiger partial charge < -0.3 is 10.2 Å². The Bertz CT molecular complexity index is 433. The lowest BCUT2D eigenvalue weighted by molar-refractivity contribution is -0.134. The normalized spacial score (nSPS) is 20.7. The van der Waals surface area contributed by atoms with Gasteiger partial charge in [-0.3, -0.25) is 0 Å². The largest absolute Gasteiger partial charge is 0.427 e. The molecule has 0 aliphatic carbocycles. The standard InChI is InChI=1S/C14H22F3N3S/c1-11-5-4-8-20(10-11)7-3-2-6-18-13-19-9-12(21-13)14(15,16)17/h9,11H,2-8,10H2,1H3,(H,18,19). The number of hydrogen-bond donors (Lipinski definition) is 1. The minimum absolute atomic E-state index is 0.355. The third kappa shape index (κ3) is 5.47. The highest BCUT2D eigenvalue weighted by Gasteiger charge is 2.33. The highest BCUT2D eigenvalue weighted by Crippen LogP contribution is 2.34. The third-order valence-corrected chi connectivity index (χ3v) is 4.70. The molecule has 21 heavy (non-hydrogen) atoms. The van der Waals surface area contributed by atoms with E-state index in [0.717, 1.165) is 31.5 Å². The third-order valence-electron chi connectivity index (χ3n) is 3.70. The lowest BCUT2D eigenvalue weighted by Gasteiger charge is -2.30. The number of alkyl halides is 3. The summed E-state index contributed by atoms with van der Waals surface area (Å²) in [4.78, 5) is 5.60. The van der Waals surface area contributed by atoms with Crippen LogP contribution >= 0.6 is 11.3 Å². The maximum atomic E-state index is 12.4. The summed E-state index contributed by atoms with van der Waals surface area (Å²) < 4.78 is 37.3. The summed E-state index contributed by atoms with van der Waals surface area (Å²) in [7, 11) is 0. The van der Waals surface area contributed by atoms with Gasteiger partial charge in [0.15, 0.2) is 5.13 Å². The molecule has 1 fully saturated rings. The SMILES string of the molecule is CC1CCCN(CCCCNc2ncc(C(F)(F)F)s2)C1. The van der Waals surface area contributed by atoms with Gasteiger partial charge >= 0.3 is 6.18 Å². The monoisotopic (exact) mass is 321 g/mol. The average molecular weight is 321 g/mol. The fraction of sp³-hybridized carbons (Fsp3) is 0.786. The molecule has 0 saturated carbocycles. The molecular weight excluding hydrogens is 299 g/mol. The Balaban J connectivity index is 1.60. The van der Waals surface area contributed by atoms with Gasteiger partial charge in [0.1, 0.15) is 4.88 Å². The first-order chi connectivity index (χ1) is 9.95. The molecule has 1 unspecified atom stereocenters. The van der Waals surface area contributed by atoms with Crippen molar-refractivity contribution < 1.29 is 13.2 Å². The Hall–Kier alpha value is -0.820. The first-order valence-electron chi connectivity index (χ1n) is 7.44. The van der Waals surface area contributed by atoms with E-state index in [1.165, 1.54) is 25.9 Å². The number of halogens is 3. The van der Waals surface area contributed by atoms with Gasteiger partial charge in [0, 0.05) is 13.1 Å². The Morgan fingerprint density at radius 3 is 2.90 bits per heavy atom. The second-order valence-electron chi connectivity index (χ2n) is 5.71. The van der Waals surface area contributed by atoms with Crippen molar-refractivity contribution in [2.45, 2.75) is 38.8 Å². The first kappa shape index (κ1) is 16.5. The highest BCUT2D eigenvalue weighted by atomic mass is 32.1. The van der Waals surface area contributed by atoms with Gasteiger partial charge in [-0.25, -0.2) is 4.98 Å². The Kier molecular flexibility index (Phi) is 5.87. The fourth-order valence-corrected chi connectivity index (χ4v) is 3.34. The van der Waals surface area contributed by atoms with Crippen molar-refractivity contribution in [1.82, 2.24) is 9.88 Å². The summed E-state index contributed by atoms with van der Waals surface area (Å²) in [5.41, 5.74) is 0. The van der Waals surface area contributed by atoms with Crippen LogP contribution in [0, 0.1) is 5.92 Å². The quantitative estimate of drug-likeness (QED) is 0.800. The minimum atomic E-state index is -4.29. The number of piperidine rings is 1. The van der Waals surface area contributed by atoms with Crippen LogP contribution in [-0.2, 0) is 6.18 Å². The topological polar surface area (TPSA) is 28.2 Å². The van der Waals surface area contributed by atoms with Crippen LogP contribution in [0.1, 0.15) is 37.5 Å². The van der Waals surface area contributed by atoms with Gasteiger partial charge in [0.05, 0.1) is 6.20 Å². The molecule has 1 aromatic rings. The molecule has 2 heterocycles. The Labute approximate surface area is 127 Å². The smallest absolute Gasteiger partial charge is 0.362 e. The second-order valence-corrected chi connectivity index (χ2v) is 6.74. The molecule has 1 aliphatic rings. The lowest BCUT2D eigenvalue weighted by atomic mass is 10.0. The van der Waals surface area contributed by atoms with Gasteiger partial charge in [-0.15, -0.1) is 0 Å². The summed E-state index contributed by atoms with van der Waals surface area (Å²) in [6, 6.07) is 0. The van der Waals surface area contributed by atoms with Crippen molar-refractivity contribution in [3.8, 4) is 0 Å². The molecule has 0 spiro atoms. The van der Waals surface area contributed by atoms with Crippen molar-refractivity contribution >= 4 is 16.5 Å². The molecule has 3 nitrogen and oxygen atoms in total. The summed E-state index contributed by atoms with van der Waals surface area (Å²) in [5.74, 6) is 0.785. The van der Waals surface area contributed by atoms with Crippen LogP contribution in [0.2, 0.25) is 0 Å². The molecule has 1 aliphatic heterocycles. The predicted molar refractivity (Wildman–Crippen MR) is 79.7 cm³/mol. The molecule has 7 heteroatoms. The van der Waals surface area contributed by atoms with Crippen molar-refractivity contribution in [3.05, 3.63) is 11.1 Å². The minimum Gasteiger partial charge on any atom is -0.362 e. The van der Waals surface area contributed by atoms with Gasteiger partial charge in [0.25, 0.3) is 0 Å². The van der Waals surface area contributed by atoms with E-state index >= 15 is 0 Å². The molecular formula is C14H22F3N3S. The maximum Gasteiger partial charge on any atom is 0.427 e. The number of nitrogens with one attached hydrogen (secondary N) is 1. The molecule has 0 bridgehead atoms. The summed E-state index contributed by atoms with van der Waals surface area (Å²) in [6.07, 6.45) is 1.22. The summed E-state index contributed by atoms with van der Waals surface area (Å²) in [5, 5.41) is 3.33. The maximum absolute atomic E-state index is 12.4. The zero-order valence-corrected chi connectivity index (χ0v) is 13.1. The van der Waals surface area contributed by atoms with Crippen molar-refractivity contribution in [3.63, 3.8) is 0 Å². The molecule has 1 atom stereocenters. The van der Waals surface area contributed by atoms with E-state index < -0.39 is 11.1 Å². The Morgan fingerprint density at radius 2 is 2.24 bits per heavy atom. The van der Waals surface area contributed by atoms with Crippen LogP contribution in [-0.4, -0.2) is 36.1 Å². The van der Waals surface area contributed by atoms with E-state index in [2.05, 4.69) is 22.1 Å². The van der Waals surface area contributed by atoms with Crippen LogP contribution < -0.4 is 5.32 Å². The Morgan fingerprint density at radius 1 is 1.43 bits per heavy atom. The molecule has 1 saturated heterocycles. The lowest BCUT2D eigenvalue weighted by Crippen LogP contribution is -2.35. The number of nitrogens with zero attached hydrogens (tertiary/aromatic N) is 2. The zero-order chi connectivity index (χ0) is 15.3. The predicted octanol–water partition coefficient (Wildman–Crippen LogP) is 4.09. The molecule has 0 amide bonds. The van der Waals surface area contributed by atoms with Crippen molar-refractivity contribution in [2.75, 3.05) is 31.5 Å².